The maximum Gasteiger partial charge on any atom is 0.337 e. The topological polar surface area (TPSA) is 75.1 Å². The molecule has 0 spiro atoms. The molecule has 0 saturated heterocycles. The number of carbonyl (C=O) groups is 1. The molecule has 5 nitrogen and oxygen atoms in total. The van der Waals surface area contributed by atoms with Crippen LogP contribution in [0.2, 0.25) is 0 Å². The molecule has 0 radical (unpaired) electrons. The Morgan fingerprint density at radius 1 is 1.32 bits per heavy atom. The number of hydrogen-bond donors (Lipinski definition) is 2. The zero-order valence-corrected chi connectivity index (χ0v) is 10.6. The van der Waals surface area contributed by atoms with Crippen molar-refractivity contribution in [1.82, 2.24) is 15.3 Å². The monoisotopic (exact) mass is 257 g/mol. The molecule has 2 rings (SSSR count). The second kappa shape index (κ2) is 6.06. The second-order valence-corrected chi connectivity index (χ2v) is 4.21. The smallest absolute Gasteiger partial charge is 0.337 e. The van der Waals surface area contributed by atoms with Crippen LogP contribution >= 0.6 is 0 Å². The number of aromatic carboxylic acids is 1. The van der Waals surface area contributed by atoms with E-state index in [1.54, 1.807) is 30.7 Å². The third kappa shape index (κ3) is 3.35. The van der Waals surface area contributed by atoms with Gasteiger partial charge in [0.05, 0.1) is 11.3 Å². The first-order valence-electron chi connectivity index (χ1n) is 5.96. The molecule has 0 fully saturated rings. The van der Waals surface area contributed by atoms with E-state index in [9.17, 15) is 4.79 Å². The van der Waals surface area contributed by atoms with Crippen LogP contribution in [0.3, 0.4) is 0 Å². The molecule has 0 aliphatic heterocycles. The van der Waals surface area contributed by atoms with Crippen molar-refractivity contribution in [3.63, 3.8) is 0 Å². The normalized spacial score (nSPS) is 10.4. The average molecular weight is 257 g/mol. The van der Waals surface area contributed by atoms with Gasteiger partial charge < -0.3 is 10.4 Å². The first-order valence-corrected chi connectivity index (χ1v) is 5.96. The number of aromatic nitrogens is 2. The molecule has 0 amide bonds. The predicted octanol–water partition coefficient (Wildman–Crippen LogP) is 1.77. The number of carboxylic acids is 1. The largest absolute Gasteiger partial charge is 0.478 e. The lowest BCUT2D eigenvalue weighted by molar-refractivity contribution is 0.0695. The van der Waals surface area contributed by atoms with Crippen LogP contribution in [0.4, 0.5) is 0 Å². The number of rotatable bonds is 5. The lowest BCUT2D eigenvalue weighted by Gasteiger charge is -2.08. The maximum absolute atomic E-state index is 11.0. The van der Waals surface area contributed by atoms with Gasteiger partial charge in [-0.25, -0.2) is 4.79 Å². The van der Waals surface area contributed by atoms with Gasteiger partial charge in [-0.15, -0.1) is 0 Å². The Hall–Kier alpha value is -2.27. The third-order valence-corrected chi connectivity index (χ3v) is 2.88. The molecule has 0 saturated carbocycles. The van der Waals surface area contributed by atoms with Crippen LogP contribution < -0.4 is 5.32 Å². The average Bonchev–Trinajstić information content (AvgIpc) is 2.41. The van der Waals surface area contributed by atoms with E-state index < -0.39 is 5.97 Å². The highest BCUT2D eigenvalue weighted by Gasteiger charge is 2.09. The van der Waals surface area contributed by atoms with Gasteiger partial charge in [0, 0.05) is 31.7 Å². The van der Waals surface area contributed by atoms with E-state index in [1.165, 1.54) is 0 Å². The first-order chi connectivity index (χ1) is 9.18. The van der Waals surface area contributed by atoms with E-state index >= 15 is 0 Å². The highest BCUT2D eigenvalue weighted by atomic mass is 16.4. The van der Waals surface area contributed by atoms with Crippen LogP contribution in [0.1, 0.15) is 27.2 Å². The Kier molecular flexibility index (Phi) is 4.20. The van der Waals surface area contributed by atoms with Crippen molar-refractivity contribution in [2.45, 2.75) is 20.0 Å². The molecule has 0 aromatic carbocycles. The molecule has 2 aromatic rings. The van der Waals surface area contributed by atoms with Gasteiger partial charge in [-0.3, -0.25) is 9.97 Å². The number of pyridine rings is 2. The van der Waals surface area contributed by atoms with Crippen molar-refractivity contribution in [1.29, 1.82) is 0 Å². The summed E-state index contributed by atoms with van der Waals surface area (Å²) in [4.78, 5) is 19.2. The number of aryl methyl sites for hydroxylation is 1. The highest BCUT2D eigenvalue weighted by molar-refractivity contribution is 5.88. The summed E-state index contributed by atoms with van der Waals surface area (Å²) < 4.78 is 0. The summed E-state index contributed by atoms with van der Waals surface area (Å²) in [7, 11) is 0. The zero-order valence-electron chi connectivity index (χ0n) is 10.6. The Bertz CT molecular complexity index is 584. The number of nitrogens with zero attached hydrogens (tertiary/aromatic N) is 2. The fourth-order valence-corrected chi connectivity index (χ4v) is 1.77. The fourth-order valence-electron chi connectivity index (χ4n) is 1.77. The van der Waals surface area contributed by atoms with Gasteiger partial charge in [0.2, 0.25) is 0 Å². The molecule has 0 bridgehead atoms. The molecule has 0 aliphatic rings. The SMILES string of the molecule is Cc1ccncc1CNCc1ncccc1C(=O)O. The van der Waals surface area contributed by atoms with Crippen molar-refractivity contribution in [3.05, 3.63) is 59.2 Å². The first kappa shape index (κ1) is 13.2. The van der Waals surface area contributed by atoms with Gasteiger partial charge in [-0.2, -0.15) is 0 Å². The molecule has 0 aliphatic carbocycles. The van der Waals surface area contributed by atoms with Crippen LogP contribution in [0.25, 0.3) is 0 Å². The van der Waals surface area contributed by atoms with Crippen LogP contribution in [0, 0.1) is 6.92 Å². The zero-order chi connectivity index (χ0) is 13.7. The summed E-state index contributed by atoms with van der Waals surface area (Å²) in [5, 5.41) is 12.2. The van der Waals surface area contributed by atoms with Gasteiger partial charge in [-0.05, 0) is 36.2 Å². The minimum absolute atomic E-state index is 0.234. The second-order valence-electron chi connectivity index (χ2n) is 4.21. The quantitative estimate of drug-likeness (QED) is 0.853. The molecule has 0 unspecified atom stereocenters. The van der Waals surface area contributed by atoms with Gasteiger partial charge in [0.1, 0.15) is 0 Å². The van der Waals surface area contributed by atoms with Gasteiger partial charge in [0.25, 0.3) is 0 Å². The molecule has 5 heteroatoms. The van der Waals surface area contributed by atoms with Crippen molar-refractivity contribution in [3.8, 4) is 0 Å². The minimum Gasteiger partial charge on any atom is -0.478 e. The molecule has 2 aromatic heterocycles. The van der Waals surface area contributed by atoms with E-state index in [4.69, 9.17) is 5.11 Å². The Balaban J connectivity index is 2.00. The Morgan fingerprint density at radius 3 is 2.89 bits per heavy atom. The van der Waals surface area contributed by atoms with Crippen molar-refractivity contribution < 1.29 is 9.90 Å². The lowest BCUT2D eigenvalue weighted by atomic mass is 10.1. The van der Waals surface area contributed by atoms with Gasteiger partial charge >= 0.3 is 5.97 Å². The lowest BCUT2D eigenvalue weighted by Crippen LogP contribution is -2.17. The summed E-state index contributed by atoms with van der Waals surface area (Å²) in [6.07, 6.45) is 5.15. The Morgan fingerprint density at radius 2 is 2.16 bits per heavy atom. The van der Waals surface area contributed by atoms with Crippen LogP contribution in [-0.4, -0.2) is 21.0 Å². The highest BCUT2D eigenvalue weighted by Crippen LogP contribution is 2.07. The molecular weight excluding hydrogens is 242 g/mol. The summed E-state index contributed by atoms with van der Waals surface area (Å²) >= 11 is 0. The number of carboxylic acid groups (broad SMARTS) is 1. The number of nitrogens with one attached hydrogen (secondary N) is 1. The number of hydrogen-bond acceptors (Lipinski definition) is 4. The van der Waals surface area contributed by atoms with E-state index in [-0.39, 0.29) is 5.56 Å². The molecule has 2 N–H and O–H groups in total. The minimum atomic E-state index is -0.956. The molecule has 98 valence electrons. The fraction of sp³-hybridized carbons (Fsp3) is 0.214. The van der Waals surface area contributed by atoms with Gasteiger partial charge in [0.15, 0.2) is 0 Å². The van der Waals surface area contributed by atoms with E-state index in [0.29, 0.717) is 18.8 Å². The summed E-state index contributed by atoms with van der Waals surface area (Å²) in [5.41, 5.74) is 3.02. The van der Waals surface area contributed by atoms with E-state index in [2.05, 4.69) is 15.3 Å². The molecule has 19 heavy (non-hydrogen) atoms. The third-order valence-electron chi connectivity index (χ3n) is 2.88. The van der Waals surface area contributed by atoms with Crippen molar-refractivity contribution >= 4 is 5.97 Å². The predicted molar refractivity (Wildman–Crippen MR) is 70.7 cm³/mol. The summed E-state index contributed by atoms with van der Waals surface area (Å²) in [5.74, 6) is -0.956. The summed E-state index contributed by atoms with van der Waals surface area (Å²) in [6, 6.07) is 5.13. The van der Waals surface area contributed by atoms with Crippen LogP contribution in [0.5, 0.6) is 0 Å². The van der Waals surface area contributed by atoms with Crippen LogP contribution in [0.15, 0.2) is 36.8 Å². The van der Waals surface area contributed by atoms with Crippen molar-refractivity contribution in [2.75, 3.05) is 0 Å². The van der Waals surface area contributed by atoms with Crippen molar-refractivity contribution in [2.24, 2.45) is 0 Å². The molecule has 0 atom stereocenters. The van der Waals surface area contributed by atoms with Gasteiger partial charge in [-0.1, -0.05) is 0 Å². The standard InChI is InChI=1S/C14H15N3O2/c1-10-4-6-15-7-11(10)8-16-9-13-12(14(18)19)3-2-5-17-13/h2-7,16H,8-9H2,1H3,(H,18,19). The maximum atomic E-state index is 11.0. The van der Waals surface area contributed by atoms with E-state index in [1.807, 2.05) is 13.0 Å². The van der Waals surface area contributed by atoms with Crippen LogP contribution in [-0.2, 0) is 13.1 Å². The molecule has 2 heterocycles. The molecular formula is C14H15N3O2. The summed E-state index contributed by atoms with van der Waals surface area (Å²) in [6.45, 7) is 3.06. The Labute approximate surface area is 111 Å². The van der Waals surface area contributed by atoms with E-state index in [0.717, 1.165) is 11.1 Å².